The van der Waals surface area contributed by atoms with E-state index in [-0.39, 0.29) is 12.7 Å². The lowest BCUT2D eigenvalue weighted by atomic mass is 9.97. The van der Waals surface area contributed by atoms with E-state index < -0.39 is 0 Å². The van der Waals surface area contributed by atoms with E-state index in [1.54, 1.807) is 11.3 Å². The van der Waals surface area contributed by atoms with Gasteiger partial charge < -0.3 is 14.4 Å². The molecule has 6 nitrogen and oxygen atoms in total. The second kappa shape index (κ2) is 9.21. The number of hydrogen-bond acceptors (Lipinski definition) is 7. The maximum absolute atomic E-state index is 10.7. The third kappa shape index (κ3) is 4.50. The number of carbonyl (C=O) groups is 1. The van der Waals surface area contributed by atoms with Crippen molar-refractivity contribution in [2.75, 3.05) is 26.2 Å². The Morgan fingerprint density at radius 1 is 1.34 bits per heavy atom. The minimum Gasteiger partial charge on any atom is -0.481 e. The maximum atomic E-state index is 10.7. The Hall–Kier alpha value is -2.69. The first-order valence-corrected chi connectivity index (χ1v) is 10.7. The minimum absolute atomic E-state index is 0.198. The molecule has 1 aromatic carbocycles. The molecule has 0 aliphatic carbocycles. The van der Waals surface area contributed by atoms with Crippen molar-refractivity contribution >= 4 is 23.3 Å². The molecule has 1 unspecified atom stereocenters. The number of terminal acetylenes is 1. The van der Waals surface area contributed by atoms with Crippen LogP contribution in [0.25, 0.3) is 0 Å². The first kappa shape index (κ1) is 19.6. The lowest BCUT2D eigenvalue weighted by Crippen LogP contribution is -2.34. The fourth-order valence-corrected chi connectivity index (χ4v) is 4.77. The molecule has 3 heterocycles. The highest BCUT2D eigenvalue weighted by atomic mass is 32.1. The van der Waals surface area contributed by atoms with E-state index in [1.165, 1.54) is 0 Å². The van der Waals surface area contributed by atoms with E-state index in [2.05, 4.69) is 21.4 Å². The van der Waals surface area contributed by atoms with Crippen molar-refractivity contribution in [3.05, 3.63) is 45.9 Å². The number of hydrogen-bond donors (Lipinski definition) is 0. The van der Waals surface area contributed by atoms with Gasteiger partial charge in [-0.3, -0.25) is 4.90 Å². The van der Waals surface area contributed by atoms with Gasteiger partial charge in [0.1, 0.15) is 24.4 Å². The van der Waals surface area contributed by atoms with Gasteiger partial charge in [0, 0.05) is 23.3 Å². The van der Waals surface area contributed by atoms with Crippen LogP contribution >= 0.6 is 11.3 Å². The van der Waals surface area contributed by atoms with E-state index in [4.69, 9.17) is 21.0 Å². The summed E-state index contributed by atoms with van der Waals surface area (Å²) >= 11 is 1.69. The molecule has 150 valence electrons. The number of ether oxygens (including phenoxy) is 1. The van der Waals surface area contributed by atoms with Crippen molar-refractivity contribution in [2.24, 2.45) is 5.16 Å². The van der Waals surface area contributed by atoms with Crippen molar-refractivity contribution in [2.45, 2.75) is 31.3 Å². The average molecular weight is 410 g/mol. The van der Waals surface area contributed by atoms with Crippen LogP contribution in [0.1, 0.15) is 47.5 Å². The van der Waals surface area contributed by atoms with Gasteiger partial charge in [0.15, 0.2) is 6.10 Å². The molecule has 29 heavy (non-hydrogen) atoms. The average Bonchev–Trinajstić information content (AvgIpc) is 3.43. The van der Waals surface area contributed by atoms with Crippen molar-refractivity contribution in [3.8, 4) is 18.1 Å². The first-order chi connectivity index (χ1) is 14.3. The fourth-order valence-electron chi connectivity index (χ4n) is 3.77. The van der Waals surface area contributed by atoms with Gasteiger partial charge in [-0.2, -0.15) is 0 Å². The second-order valence-electron chi connectivity index (χ2n) is 7.18. The Bertz CT molecular complexity index is 925. The first-order valence-electron chi connectivity index (χ1n) is 9.78. The van der Waals surface area contributed by atoms with Crippen LogP contribution in [0.3, 0.4) is 0 Å². The highest BCUT2D eigenvalue weighted by Gasteiger charge is 2.29. The zero-order chi connectivity index (χ0) is 20.1. The van der Waals surface area contributed by atoms with Crippen LogP contribution < -0.4 is 4.74 Å². The molecule has 1 atom stereocenters. The van der Waals surface area contributed by atoms with E-state index in [0.29, 0.717) is 18.9 Å². The number of benzene rings is 1. The number of nitrogens with zero attached hydrogens (tertiary/aromatic N) is 3. The quantitative estimate of drug-likeness (QED) is 0.518. The van der Waals surface area contributed by atoms with Gasteiger partial charge in [0.25, 0.3) is 0 Å². The predicted octanol–water partition coefficient (Wildman–Crippen LogP) is 3.40. The summed E-state index contributed by atoms with van der Waals surface area (Å²) < 4.78 is 5.64. The third-order valence-electron chi connectivity index (χ3n) is 5.33. The van der Waals surface area contributed by atoms with Crippen LogP contribution in [-0.4, -0.2) is 48.1 Å². The van der Waals surface area contributed by atoms with Gasteiger partial charge in [-0.15, -0.1) is 17.8 Å². The van der Waals surface area contributed by atoms with Gasteiger partial charge in [-0.1, -0.05) is 29.3 Å². The molecular formula is C22H23N3O3S. The number of carbonyl (C=O) groups excluding carboxylic acids is 1. The van der Waals surface area contributed by atoms with Gasteiger partial charge in [0.05, 0.1) is 17.2 Å². The zero-order valence-corrected chi connectivity index (χ0v) is 16.9. The number of rotatable bonds is 7. The van der Waals surface area contributed by atoms with E-state index in [1.807, 2.05) is 24.3 Å². The molecule has 4 rings (SSSR count). The number of para-hydroxylation sites is 1. The van der Waals surface area contributed by atoms with Gasteiger partial charge in [-0.05, 0) is 32.0 Å². The molecular weight excluding hydrogens is 386 g/mol. The number of aldehydes is 1. The molecule has 0 N–H and O–H groups in total. The van der Waals surface area contributed by atoms with E-state index in [0.717, 1.165) is 59.9 Å². The second-order valence-corrected chi connectivity index (χ2v) is 8.07. The molecule has 0 bridgehead atoms. The number of likely N-dealkylation sites (tertiary alicyclic amines) is 1. The van der Waals surface area contributed by atoms with Crippen molar-refractivity contribution in [3.63, 3.8) is 0 Å². The molecule has 1 saturated heterocycles. The molecule has 0 radical (unpaired) electrons. The SMILES string of the molecule is C#CCOc1ccccc1C1CC(c2csc(C3CCN(CC=O)CC3)n2)=NO1. The van der Waals surface area contributed by atoms with Crippen LogP contribution in [0.4, 0.5) is 0 Å². The van der Waals surface area contributed by atoms with Crippen LogP contribution in [0.15, 0.2) is 34.8 Å². The van der Waals surface area contributed by atoms with Gasteiger partial charge in [-0.25, -0.2) is 4.98 Å². The number of oxime groups is 1. The van der Waals surface area contributed by atoms with Crippen molar-refractivity contribution < 1.29 is 14.4 Å². The van der Waals surface area contributed by atoms with E-state index >= 15 is 0 Å². The summed E-state index contributed by atoms with van der Waals surface area (Å²) in [4.78, 5) is 23.4. The molecule has 2 aromatic rings. The van der Waals surface area contributed by atoms with Gasteiger partial charge >= 0.3 is 0 Å². The van der Waals surface area contributed by atoms with Crippen molar-refractivity contribution in [1.82, 2.24) is 9.88 Å². The van der Waals surface area contributed by atoms with Crippen LogP contribution in [0.5, 0.6) is 5.75 Å². The lowest BCUT2D eigenvalue weighted by Gasteiger charge is -2.29. The fraction of sp³-hybridized carbons (Fsp3) is 0.409. The molecule has 0 saturated carbocycles. The Morgan fingerprint density at radius 3 is 2.97 bits per heavy atom. The predicted molar refractivity (Wildman–Crippen MR) is 112 cm³/mol. The van der Waals surface area contributed by atoms with E-state index in [9.17, 15) is 4.79 Å². The molecule has 2 aliphatic rings. The molecule has 2 aliphatic heterocycles. The summed E-state index contributed by atoms with van der Waals surface area (Å²) in [5.41, 5.74) is 2.70. The maximum Gasteiger partial charge on any atom is 0.161 e. The smallest absolute Gasteiger partial charge is 0.161 e. The number of aromatic nitrogens is 1. The standard InChI is InChI=1S/C22H23N3O3S/c1-2-13-27-20-6-4-3-5-17(20)21-14-18(24-28-21)19-15-29-22(23-19)16-7-9-25(10-8-16)11-12-26/h1,3-6,12,15-16,21H,7-11,13-14H2. The summed E-state index contributed by atoms with van der Waals surface area (Å²) in [6.07, 6.45) is 8.81. The molecule has 1 fully saturated rings. The van der Waals surface area contributed by atoms with Gasteiger partial charge in [0.2, 0.25) is 0 Å². The van der Waals surface area contributed by atoms with Crippen LogP contribution in [0, 0.1) is 12.3 Å². The van der Waals surface area contributed by atoms with Crippen LogP contribution in [-0.2, 0) is 9.63 Å². The third-order valence-corrected chi connectivity index (χ3v) is 6.34. The monoisotopic (exact) mass is 409 g/mol. The molecule has 0 spiro atoms. The summed E-state index contributed by atoms with van der Waals surface area (Å²) in [6.45, 7) is 2.63. The molecule has 1 aromatic heterocycles. The Morgan fingerprint density at radius 2 is 2.17 bits per heavy atom. The highest BCUT2D eigenvalue weighted by Crippen LogP contribution is 2.36. The zero-order valence-electron chi connectivity index (χ0n) is 16.1. The minimum atomic E-state index is -0.198. The normalized spacial score (nSPS) is 20.0. The summed E-state index contributed by atoms with van der Waals surface area (Å²) in [5.74, 6) is 3.67. The summed E-state index contributed by atoms with van der Waals surface area (Å²) in [5, 5.41) is 7.51. The Balaban J connectivity index is 1.40. The largest absolute Gasteiger partial charge is 0.481 e. The Kier molecular flexibility index (Phi) is 6.23. The number of piperidine rings is 1. The number of thiazole rings is 1. The molecule has 0 amide bonds. The Labute approximate surface area is 174 Å². The molecule has 7 heteroatoms. The summed E-state index contributed by atoms with van der Waals surface area (Å²) in [6, 6.07) is 7.75. The lowest BCUT2D eigenvalue weighted by molar-refractivity contribution is -0.109. The highest BCUT2D eigenvalue weighted by molar-refractivity contribution is 7.10. The summed E-state index contributed by atoms with van der Waals surface area (Å²) in [7, 11) is 0. The van der Waals surface area contributed by atoms with Crippen molar-refractivity contribution in [1.29, 1.82) is 0 Å². The van der Waals surface area contributed by atoms with Crippen LogP contribution in [0.2, 0.25) is 0 Å². The topological polar surface area (TPSA) is 64.0 Å².